The van der Waals surface area contributed by atoms with Crippen molar-refractivity contribution in [2.24, 2.45) is 0 Å². The molecule has 0 heterocycles. The summed E-state index contributed by atoms with van der Waals surface area (Å²) in [4.78, 5) is 0. The third-order valence-corrected chi connectivity index (χ3v) is 2.96. The Morgan fingerprint density at radius 1 is 0.885 bits per heavy atom. The number of aliphatic hydroxyl groups is 1. The fourth-order valence-corrected chi connectivity index (χ4v) is 1.74. The lowest BCUT2D eigenvalue weighted by molar-refractivity contribution is -0.0187. The van der Waals surface area contributed by atoms with Gasteiger partial charge in [-0.25, -0.2) is 0 Å². The Hall–Kier alpha value is -1.44. The molecule has 0 aromatic heterocycles. The van der Waals surface area contributed by atoms with E-state index in [1.165, 1.54) is 0 Å². The van der Waals surface area contributed by atoms with Crippen LogP contribution in [0.3, 0.4) is 0 Å². The Labute approximate surface area is 157 Å². The number of hydrogen-bond acceptors (Lipinski definition) is 6. The van der Waals surface area contributed by atoms with Crippen molar-refractivity contribution in [3.05, 3.63) is 43.0 Å². The van der Waals surface area contributed by atoms with Crippen LogP contribution in [-0.4, -0.2) is 70.7 Å². The van der Waals surface area contributed by atoms with Gasteiger partial charge in [-0.15, -0.1) is 6.58 Å². The van der Waals surface area contributed by atoms with Crippen LogP contribution in [0.15, 0.2) is 43.0 Å². The molecule has 1 N–H and O–H groups in total. The van der Waals surface area contributed by atoms with E-state index in [-0.39, 0.29) is 12.7 Å². The predicted molar refractivity (Wildman–Crippen MR) is 103 cm³/mol. The standard InChI is InChI=1S/C18H28O6.C2H6/c1-2-17(16-24-18-6-4-3-5-7-18)23-15-14-22-13-12-21-11-10-20-9-8-19;1-2/h2-7,17,19H,1,8-16H2;1-2H3. The Balaban J connectivity index is 0.00000301. The van der Waals surface area contributed by atoms with Gasteiger partial charge in [-0.2, -0.15) is 0 Å². The molecule has 26 heavy (non-hydrogen) atoms. The fourth-order valence-electron chi connectivity index (χ4n) is 1.74. The largest absolute Gasteiger partial charge is 0.491 e. The zero-order chi connectivity index (χ0) is 19.3. The number of benzene rings is 1. The molecule has 1 atom stereocenters. The summed E-state index contributed by atoms with van der Waals surface area (Å²) in [6, 6.07) is 9.59. The van der Waals surface area contributed by atoms with Gasteiger partial charge in [0.1, 0.15) is 18.5 Å². The second-order valence-corrected chi connectivity index (χ2v) is 4.83. The van der Waals surface area contributed by atoms with Crippen molar-refractivity contribution in [1.82, 2.24) is 0 Å². The SMILES string of the molecule is C=CC(COc1ccccc1)OCCOCCOCCOCCO.CC. The van der Waals surface area contributed by atoms with Crippen LogP contribution in [0.5, 0.6) is 5.75 Å². The van der Waals surface area contributed by atoms with E-state index in [0.29, 0.717) is 52.9 Å². The fraction of sp³-hybridized carbons (Fsp3) is 0.600. The first-order valence-corrected chi connectivity index (χ1v) is 9.13. The van der Waals surface area contributed by atoms with Crippen LogP contribution in [0.4, 0.5) is 0 Å². The molecule has 0 aliphatic heterocycles. The van der Waals surface area contributed by atoms with Crippen LogP contribution in [0, 0.1) is 0 Å². The van der Waals surface area contributed by atoms with Gasteiger partial charge >= 0.3 is 0 Å². The molecule has 150 valence electrons. The Morgan fingerprint density at radius 2 is 1.42 bits per heavy atom. The summed E-state index contributed by atoms with van der Waals surface area (Å²) in [5.74, 6) is 0.810. The summed E-state index contributed by atoms with van der Waals surface area (Å²) in [5, 5.41) is 8.53. The number of aliphatic hydroxyl groups excluding tert-OH is 1. The van der Waals surface area contributed by atoms with E-state index in [9.17, 15) is 0 Å². The van der Waals surface area contributed by atoms with Crippen LogP contribution in [-0.2, 0) is 18.9 Å². The summed E-state index contributed by atoms with van der Waals surface area (Å²) in [7, 11) is 0. The van der Waals surface area contributed by atoms with Gasteiger partial charge in [-0.1, -0.05) is 38.1 Å². The summed E-state index contributed by atoms with van der Waals surface area (Å²) in [5.41, 5.74) is 0. The van der Waals surface area contributed by atoms with Gasteiger partial charge < -0.3 is 28.8 Å². The summed E-state index contributed by atoms with van der Waals surface area (Å²) in [6.07, 6.45) is 1.55. The minimum absolute atomic E-state index is 0.0329. The molecule has 0 spiro atoms. The Bertz CT molecular complexity index is 399. The zero-order valence-electron chi connectivity index (χ0n) is 16.1. The molecule has 0 saturated heterocycles. The molecule has 1 aromatic carbocycles. The van der Waals surface area contributed by atoms with Crippen molar-refractivity contribution in [3.8, 4) is 5.75 Å². The van der Waals surface area contributed by atoms with Crippen molar-refractivity contribution in [2.75, 3.05) is 59.5 Å². The van der Waals surface area contributed by atoms with E-state index in [1.54, 1.807) is 6.08 Å². The number of ether oxygens (including phenoxy) is 5. The van der Waals surface area contributed by atoms with Gasteiger partial charge in [-0.3, -0.25) is 0 Å². The van der Waals surface area contributed by atoms with Crippen molar-refractivity contribution < 1.29 is 28.8 Å². The smallest absolute Gasteiger partial charge is 0.119 e. The van der Waals surface area contributed by atoms with Gasteiger partial charge in [0.05, 0.1) is 52.9 Å². The van der Waals surface area contributed by atoms with E-state index in [1.807, 2.05) is 44.2 Å². The maximum absolute atomic E-state index is 8.53. The molecule has 0 saturated carbocycles. The predicted octanol–water partition coefficient (Wildman–Crippen LogP) is 2.70. The molecular weight excluding hydrogens is 336 g/mol. The highest BCUT2D eigenvalue weighted by Gasteiger charge is 2.05. The molecule has 1 aromatic rings. The summed E-state index contributed by atoms with van der Waals surface area (Å²) in [6.45, 7) is 11.5. The van der Waals surface area contributed by atoms with Crippen LogP contribution in [0.2, 0.25) is 0 Å². The molecule has 1 unspecified atom stereocenters. The van der Waals surface area contributed by atoms with Gasteiger partial charge in [0.25, 0.3) is 0 Å². The van der Waals surface area contributed by atoms with Crippen molar-refractivity contribution in [1.29, 1.82) is 0 Å². The highest BCUT2D eigenvalue weighted by molar-refractivity contribution is 5.20. The molecule has 0 bridgehead atoms. The van der Waals surface area contributed by atoms with Crippen molar-refractivity contribution in [2.45, 2.75) is 20.0 Å². The molecule has 0 aliphatic rings. The van der Waals surface area contributed by atoms with E-state index in [4.69, 9.17) is 28.8 Å². The van der Waals surface area contributed by atoms with Crippen LogP contribution >= 0.6 is 0 Å². The molecular formula is C20H34O6. The molecule has 0 radical (unpaired) electrons. The number of rotatable bonds is 16. The van der Waals surface area contributed by atoms with Crippen molar-refractivity contribution in [3.63, 3.8) is 0 Å². The molecule has 6 heteroatoms. The maximum atomic E-state index is 8.53. The lowest BCUT2D eigenvalue weighted by Gasteiger charge is -2.15. The third kappa shape index (κ3) is 14.9. The van der Waals surface area contributed by atoms with Gasteiger partial charge in [0.2, 0.25) is 0 Å². The van der Waals surface area contributed by atoms with E-state index in [2.05, 4.69) is 6.58 Å². The first kappa shape index (κ1) is 24.6. The quantitative estimate of drug-likeness (QED) is 0.356. The summed E-state index contributed by atoms with van der Waals surface area (Å²) >= 11 is 0. The number of hydrogen-bond donors (Lipinski definition) is 1. The minimum Gasteiger partial charge on any atom is -0.491 e. The summed E-state index contributed by atoms with van der Waals surface area (Å²) < 4.78 is 27.0. The molecule has 0 amide bonds. The normalized spacial score (nSPS) is 11.3. The minimum atomic E-state index is -0.172. The van der Waals surface area contributed by atoms with Crippen LogP contribution in [0.1, 0.15) is 13.8 Å². The van der Waals surface area contributed by atoms with E-state index in [0.717, 1.165) is 5.75 Å². The number of para-hydroxylation sites is 1. The molecule has 0 fully saturated rings. The average Bonchev–Trinajstić information content (AvgIpc) is 2.70. The highest BCUT2D eigenvalue weighted by Crippen LogP contribution is 2.09. The van der Waals surface area contributed by atoms with Crippen LogP contribution < -0.4 is 4.74 Å². The van der Waals surface area contributed by atoms with Crippen LogP contribution in [0.25, 0.3) is 0 Å². The lowest BCUT2D eigenvalue weighted by atomic mass is 10.3. The Kier molecular flexibility index (Phi) is 18.8. The third-order valence-electron chi connectivity index (χ3n) is 2.96. The molecule has 6 nitrogen and oxygen atoms in total. The average molecular weight is 370 g/mol. The molecule has 0 aliphatic carbocycles. The molecule has 1 rings (SSSR count). The topological polar surface area (TPSA) is 66.4 Å². The highest BCUT2D eigenvalue weighted by atomic mass is 16.6. The zero-order valence-corrected chi connectivity index (χ0v) is 16.1. The lowest BCUT2D eigenvalue weighted by Crippen LogP contribution is -2.22. The van der Waals surface area contributed by atoms with Crippen molar-refractivity contribution >= 4 is 0 Å². The first-order chi connectivity index (χ1) is 12.9. The van der Waals surface area contributed by atoms with Gasteiger partial charge in [-0.05, 0) is 12.1 Å². The first-order valence-electron chi connectivity index (χ1n) is 9.13. The van der Waals surface area contributed by atoms with Gasteiger partial charge in [0.15, 0.2) is 0 Å². The second kappa shape index (κ2) is 19.9. The monoisotopic (exact) mass is 370 g/mol. The van der Waals surface area contributed by atoms with Gasteiger partial charge in [0, 0.05) is 0 Å². The second-order valence-electron chi connectivity index (χ2n) is 4.83. The van der Waals surface area contributed by atoms with E-state index < -0.39 is 0 Å². The Morgan fingerprint density at radius 3 is 1.96 bits per heavy atom. The van der Waals surface area contributed by atoms with E-state index >= 15 is 0 Å². The maximum Gasteiger partial charge on any atom is 0.119 e.